The van der Waals surface area contributed by atoms with Crippen molar-refractivity contribution in [2.24, 2.45) is 0 Å². The van der Waals surface area contributed by atoms with E-state index >= 15 is 0 Å². The molecule has 2 N–H and O–H groups in total. The van der Waals surface area contributed by atoms with Crippen molar-refractivity contribution in [3.8, 4) is 5.75 Å². The number of nitrogens with zero attached hydrogens (tertiary/aromatic N) is 1. The maximum absolute atomic E-state index is 10.2. The molecule has 0 aliphatic carbocycles. The molecule has 0 spiro atoms. The van der Waals surface area contributed by atoms with E-state index in [1.54, 1.807) is 12.1 Å². The molecule has 0 unspecified atom stereocenters. The van der Waals surface area contributed by atoms with Gasteiger partial charge in [0.25, 0.3) is 0 Å². The zero-order valence-electron chi connectivity index (χ0n) is 12.5. The van der Waals surface area contributed by atoms with Gasteiger partial charge in [0.15, 0.2) is 0 Å². The monoisotopic (exact) mass is 331 g/mol. The van der Waals surface area contributed by atoms with Gasteiger partial charge in [-0.1, -0.05) is 41.9 Å². The number of aromatic nitrogens is 1. The standard InChI is InChI=1S/C18H18ClNO3/c19-16-6-2-4-8-18(16)23-12-14(22)10-20-9-13(11-21)15-5-1-3-7-17(15)20/h1-9,14,21-22H,10-12H2/t14-/m0/s1. The van der Waals surface area contributed by atoms with E-state index in [0.29, 0.717) is 17.3 Å². The van der Waals surface area contributed by atoms with Crippen LogP contribution in [0.1, 0.15) is 5.56 Å². The molecular formula is C18H18ClNO3. The van der Waals surface area contributed by atoms with Crippen molar-refractivity contribution in [1.29, 1.82) is 0 Å². The van der Waals surface area contributed by atoms with Gasteiger partial charge >= 0.3 is 0 Å². The summed E-state index contributed by atoms with van der Waals surface area (Å²) in [6.07, 6.45) is 1.18. The summed E-state index contributed by atoms with van der Waals surface area (Å²) in [5.74, 6) is 0.557. The van der Waals surface area contributed by atoms with Crippen LogP contribution in [0, 0.1) is 0 Å². The number of rotatable bonds is 6. The summed E-state index contributed by atoms with van der Waals surface area (Å²) >= 11 is 6.03. The fourth-order valence-electron chi connectivity index (χ4n) is 2.63. The normalized spacial score (nSPS) is 12.5. The SMILES string of the molecule is OCc1cn(C[C@H](O)COc2ccccc2Cl)c2ccccc12. The van der Waals surface area contributed by atoms with Gasteiger partial charge in [0.2, 0.25) is 0 Å². The molecule has 4 nitrogen and oxygen atoms in total. The Bertz CT molecular complexity index is 800. The van der Waals surface area contributed by atoms with Crippen LogP contribution in [0.15, 0.2) is 54.7 Å². The first-order chi connectivity index (χ1) is 11.2. The van der Waals surface area contributed by atoms with Gasteiger partial charge in [-0.2, -0.15) is 0 Å². The van der Waals surface area contributed by atoms with Gasteiger partial charge in [0.05, 0.1) is 18.2 Å². The highest BCUT2D eigenvalue weighted by Gasteiger charge is 2.12. The number of hydrogen-bond donors (Lipinski definition) is 2. The first kappa shape index (κ1) is 15.9. The van der Waals surface area contributed by atoms with E-state index in [4.69, 9.17) is 16.3 Å². The minimum Gasteiger partial charge on any atom is -0.489 e. The third-order valence-electron chi connectivity index (χ3n) is 3.72. The Kier molecular flexibility index (Phi) is 4.86. The Morgan fingerprint density at radius 3 is 2.61 bits per heavy atom. The minimum absolute atomic E-state index is 0.0280. The average molecular weight is 332 g/mol. The van der Waals surface area contributed by atoms with Gasteiger partial charge in [-0.15, -0.1) is 0 Å². The van der Waals surface area contributed by atoms with Crippen LogP contribution >= 0.6 is 11.6 Å². The van der Waals surface area contributed by atoms with E-state index in [-0.39, 0.29) is 13.2 Å². The average Bonchev–Trinajstić information content (AvgIpc) is 2.92. The first-order valence-electron chi connectivity index (χ1n) is 7.42. The summed E-state index contributed by atoms with van der Waals surface area (Å²) in [5, 5.41) is 21.2. The highest BCUT2D eigenvalue weighted by molar-refractivity contribution is 6.32. The maximum atomic E-state index is 10.2. The highest BCUT2D eigenvalue weighted by atomic mass is 35.5. The number of ether oxygens (including phenoxy) is 1. The Hall–Kier alpha value is -2.01. The van der Waals surface area contributed by atoms with E-state index < -0.39 is 6.10 Å². The molecule has 0 bridgehead atoms. The lowest BCUT2D eigenvalue weighted by Crippen LogP contribution is -2.23. The number of para-hydroxylation sites is 2. The zero-order valence-corrected chi connectivity index (χ0v) is 13.3. The fourth-order valence-corrected chi connectivity index (χ4v) is 2.82. The van der Waals surface area contributed by atoms with Gasteiger partial charge in [0.1, 0.15) is 18.5 Å². The molecule has 120 valence electrons. The van der Waals surface area contributed by atoms with Crippen LogP contribution in [0.2, 0.25) is 5.02 Å². The van der Waals surface area contributed by atoms with Crippen molar-refractivity contribution in [2.45, 2.75) is 19.3 Å². The van der Waals surface area contributed by atoms with Crippen LogP contribution in [-0.4, -0.2) is 27.5 Å². The molecule has 0 saturated carbocycles. The second kappa shape index (κ2) is 7.04. The summed E-state index contributed by atoms with van der Waals surface area (Å²) in [7, 11) is 0. The molecule has 3 rings (SSSR count). The van der Waals surface area contributed by atoms with Crippen LogP contribution in [0.3, 0.4) is 0 Å². The number of fused-ring (bicyclic) bond motifs is 1. The summed E-state index contributed by atoms with van der Waals surface area (Å²) in [6, 6.07) is 15.0. The Labute approximate surface area is 139 Å². The predicted molar refractivity (Wildman–Crippen MR) is 90.8 cm³/mol. The summed E-state index contributed by atoms with van der Waals surface area (Å²) in [4.78, 5) is 0. The van der Waals surface area contributed by atoms with E-state index in [9.17, 15) is 10.2 Å². The largest absolute Gasteiger partial charge is 0.489 e. The molecule has 0 radical (unpaired) electrons. The molecule has 1 heterocycles. The summed E-state index contributed by atoms with van der Waals surface area (Å²) in [6.45, 7) is 0.495. The quantitative estimate of drug-likeness (QED) is 0.729. The van der Waals surface area contributed by atoms with Crippen LogP contribution in [0.4, 0.5) is 0 Å². The molecule has 2 aromatic carbocycles. The Morgan fingerprint density at radius 2 is 1.83 bits per heavy atom. The smallest absolute Gasteiger partial charge is 0.138 e. The second-order valence-electron chi connectivity index (χ2n) is 5.38. The van der Waals surface area contributed by atoms with Gasteiger partial charge < -0.3 is 19.5 Å². The number of benzene rings is 2. The molecular weight excluding hydrogens is 314 g/mol. The van der Waals surface area contributed by atoms with E-state index in [1.807, 2.05) is 47.2 Å². The number of aliphatic hydroxyl groups is 2. The predicted octanol–water partition coefficient (Wildman–Crippen LogP) is 3.23. The minimum atomic E-state index is -0.686. The molecule has 3 aromatic rings. The van der Waals surface area contributed by atoms with Gasteiger partial charge in [-0.05, 0) is 18.2 Å². The Morgan fingerprint density at radius 1 is 1.09 bits per heavy atom. The van der Waals surface area contributed by atoms with Crippen molar-refractivity contribution in [2.75, 3.05) is 6.61 Å². The number of halogens is 1. The summed E-state index contributed by atoms with van der Waals surface area (Å²) < 4.78 is 7.50. The second-order valence-corrected chi connectivity index (χ2v) is 5.78. The van der Waals surface area contributed by atoms with Gasteiger partial charge in [0, 0.05) is 22.7 Å². The highest BCUT2D eigenvalue weighted by Crippen LogP contribution is 2.24. The molecule has 0 fully saturated rings. The number of hydrogen-bond acceptors (Lipinski definition) is 3. The van der Waals surface area contributed by atoms with E-state index in [1.165, 1.54) is 0 Å². The lowest BCUT2D eigenvalue weighted by Gasteiger charge is -2.14. The lowest BCUT2D eigenvalue weighted by atomic mass is 10.2. The van der Waals surface area contributed by atoms with Gasteiger partial charge in [-0.3, -0.25) is 0 Å². The molecule has 23 heavy (non-hydrogen) atoms. The fraction of sp³-hybridized carbons (Fsp3) is 0.222. The van der Waals surface area contributed by atoms with Crippen LogP contribution < -0.4 is 4.74 Å². The zero-order chi connectivity index (χ0) is 16.2. The van der Waals surface area contributed by atoms with E-state index in [2.05, 4.69) is 0 Å². The van der Waals surface area contributed by atoms with E-state index in [0.717, 1.165) is 16.5 Å². The van der Waals surface area contributed by atoms with Crippen molar-refractivity contribution in [3.05, 3.63) is 65.3 Å². The molecule has 0 saturated heterocycles. The third kappa shape index (κ3) is 3.50. The topological polar surface area (TPSA) is 54.6 Å². The van der Waals surface area contributed by atoms with Crippen LogP contribution in [-0.2, 0) is 13.2 Å². The Balaban J connectivity index is 1.71. The van der Waals surface area contributed by atoms with Crippen molar-refractivity contribution >= 4 is 22.5 Å². The number of aliphatic hydroxyl groups excluding tert-OH is 2. The molecule has 0 aliphatic heterocycles. The lowest BCUT2D eigenvalue weighted by molar-refractivity contribution is 0.0935. The van der Waals surface area contributed by atoms with Crippen molar-refractivity contribution in [1.82, 2.24) is 4.57 Å². The van der Waals surface area contributed by atoms with Crippen molar-refractivity contribution in [3.63, 3.8) is 0 Å². The first-order valence-corrected chi connectivity index (χ1v) is 7.80. The molecule has 1 atom stereocenters. The molecule has 0 amide bonds. The molecule has 1 aromatic heterocycles. The van der Waals surface area contributed by atoms with Crippen molar-refractivity contribution < 1.29 is 14.9 Å². The van der Waals surface area contributed by atoms with Crippen LogP contribution in [0.5, 0.6) is 5.75 Å². The summed E-state index contributed by atoms with van der Waals surface area (Å²) in [5.41, 5.74) is 1.83. The molecule has 0 aliphatic rings. The van der Waals surface area contributed by atoms with Gasteiger partial charge in [-0.25, -0.2) is 0 Å². The maximum Gasteiger partial charge on any atom is 0.138 e. The molecule has 5 heteroatoms. The van der Waals surface area contributed by atoms with Crippen LogP contribution in [0.25, 0.3) is 10.9 Å². The third-order valence-corrected chi connectivity index (χ3v) is 4.03.